The van der Waals surface area contributed by atoms with Gasteiger partial charge in [-0.25, -0.2) is 4.39 Å². The first-order valence-electron chi connectivity index (χ1n) is 6.28. The Balaban J connectivity index is 2.44. The van der Waals surface area contributed by atoms with E-state index in [1.165, 1.54) is 6.07 Å². The van der Waals surface area contributed by atoms with Crippen molar-refractivity contribution in [2.45, 2.75) is 26.8 Å². The van der Waals surface area contributed by atoms with Gasteiger partial charge in [0, 0.05) is 11.6 Å². The molecule has 0 fully saturated rings. The van der Waals surface area contributed by atoms with E-state index in [0.717, 1.165) is 16.9 Å². The number of hydrogen-bond acceptors (Lipinski definition) is 2. The molecule has 0 spiro atoms. The maximum atomic E-state index is 13.8. The minimum absolute atomic E-state index is 0.335. The van der Waals surface area contributed by atoms with Gasteiger partial charge < -0.3 is 10.5 Å². The molecule has 0 amide bonds. The van der Waals surface area contributed by atoms with Crippen LogP contribution in [0.2, 0.25) is 0 Å². The maximum absolute atomic E-state index is 13.8. The Morgan fingerprint density at radius 2 is 1.84 bits per heavy atom. The van der Waals surface area contributed by atoms with Crippen LogP contribution >= 0.6 is 0 Å². The monoisotopic (exact) mass is 259 g/mol. The number of aryl methyl sites for hydroxylation is 2. The Labute approximate surface area is 113 Å². The van der Waals surface area contributed by atoms with Crippen molar-refractivity contribution in [1.82, 2.24) is 0 Å². The predicted octanol–water partition coefficient (Wildman–Crippen LogP) is 4.25. The van der Waals surface area contributed by atoms with Crippen LogP contribution in [0.15, 0.2) is 36.4 Å². The summed E-state index contributed by atoms with van der Waals surface area (Å²) in [5.74, 6) is 0.869. The Kier molecular flexibility index (Phi) is 3.86. The quantitative estimate of drug-likeness (QED) is 0.894. The second-order valence-electron chi connectivity index (χ2n) is 4.81. The lowest BCUT2D eigenvalue weighted by Crippen LogP contribution is -2.09. The van der Waals surface area contributed by atoms with Crippen molar-refractivity contribution in [2.75, 3.05) is 0 Å². The second-order valence-corrected chi connectivity index (χ2v) is 4.81. The van der Waals surface area contributed by atoms with Gasteiger partial charge in [-0.15, -0.1) is 0 Å². The van der Waals surface area contributed by atoms with Gasteiger partial charge in [0.25, 0.3) is 0 Å². The van der Waals surface area contributed by atoms with Crippen LogP contribution in [0.25, 0.3) is 0 Å². The van der Waals surface area contributed by atoms with E-state index in [2.05, 4.69) is 0 Å². The average molecular weight is 259 g/mol. The third-order valence-electron chi connectivity index (χ3n) is 3.03. The Bertz CT molecular complexity index is 593. The molecule has 2 aromatic rings. The highest BCUT2D eigenvalue weighted by Crippen LogP contribution is 2.32. The SMILES string of the molecule is Cc1ccc(C)c(Oc2cccc(F)c2C(C)N)c1. The van der Waals surface area contributed by atoms with Crippen LogP contribution in [0, 0.1) is 19.7 Å². The summed E-state index contributed by atoms with van der Waals surface area (Å²) in [6.07, 6.45) is 0. The van der Waals surface area contributed by atoms with Crippen molar-refractivity contribution in [1.29, 1.82) is 0 Å². The molecule has 0 bridgehead atoms. The first-order valence-corrected chi connectivity index (χ1v) is 6.28. The summed E-state index contributed by atoms with van der Waals surface area (Å²) in [4.78, 5) is 0. The summed E-state index contributed by atoms with van der Waals surface area (Å²) >= 11 is 0. The third-order valence-corrected chi connectivity index (χ3v) is 3.03. The molecule has 0 aliphatic carbocycles. The summed E-state index contributed by atoms with van der Waals surface area (Å²) in [7, 11) is 0. The molecular formula is C16H18FNO. The molecule has 0 aromatic heterocycles. The summed E-state index contributed by atoms with van der Waals surface area (Å²) in [6.45, 7) is 5.69. The molecule has 1 atom stereocenters. The molecule has 2 N–H and O–H groups in total. The van der Waals surface area contributed by atoms with E-state index in [-0.39, 0.29) is 5.82 Å². The average Bonchev–Trinajstić information content (AvgIpc) is 2.33. The Hall–Kier alpha value is -1.87. The van der Waals surface area contributed by atoms with Gasteiger partial charge in [-0.2, -0.15) is 0 Å². The molecule has 0 aliphatic rings. The van der Waals surface area contributed by atoms with Crippen LogP contribution in [0.3, 0.4) is 0 Å². The first-order chi connectivity index (χ1) is 8.99. The Morgan fingerprint density at radius 3 is 2.53 bits per heavy atom. The van der Waals surface area contributed by atoms with Crippen molar-refractivity contribution in [3.05, 3.63) is 58.9 Å². The zero-order valence-corrected chi connectivity index (χ0v) is 11.4. The van der Waals surface area contributed by atoms with Crippen molar-refractivity contribution >= 4 is 0 Å². The zero-order chi connectivity index (χ0) is 14.0. The number of hydrogen-bond donors (Lipinski definition) is 1. The van der Waals surface area contributed by atoms with E-state index in [1.54, 1.807) is 19.1 Å². The molecule has 1 unspecified atom stereocenters. The van der Waals surface area contributed by atoms with Gasteiger partial charge >= 0.3 is 0 Å². The number of nitrogens with two attached hydrogens (primary N) is 1. The van der Waals surface area contributed by atoms with E-state index >= 15 is 0 Å². The molecular weight excluding hydrogens is 241 g/mol. The number of benzene rings is 2. The fourth-order valence-corrected chi connectivity index (χ4v) is 1.98. The topological polar surface area (TPSA) is 35.2 Å². The molecule has 0 heterocycles. The fourth-order valence-electron chi connectivity index (χ4n) is 1.98. The van der Waals surface area contributed by atoms with Crippen LogP contribution in [-0.4, -0.2) is 0 Å². The summed E-state index contributed by atoms with van der Waals surface area (Å²) < 4.78 is 19.7. The maximum Gasteiger partial charge on any atom is 0.135 e. The molecule has 2 aromatic carbocycles. The molecule has 100 valence electrons. The van der Waals surface area contributed by atoms with Crippen LogP contribution in [0.5, 0.6) is 11.5 Å². The van der Waals surface area contributed by atoms with Gasteiger partial charge in [0.2, 0.25) is 0 Å². The van der Waals surface area contributed by atoms with E-state index in [1.807, 2.05) is 32.0 Å². The highest BCUT2D eigenvalue weighted by Gasteiger charge is 2.14. The van der Waals surface area contributed by atoms with E-state index < -0.39 is 6.04 Å². The minimum Gasteiger partial charge on any atom is -0.457 e. The number of rotatable bonds is 3. The first kappa shape index (κ1) is 13.6. The molecule has 0 saturated carbocycles. The van der Waals surface area contributed by atoms with E-state index in [0.29, 0.717) is 11.3 Å². The van der Waals surface area contributed by atoms with Gasteiger partial charge in [0.1, 0.15) is 17.3 Å². The number of halogens is 1. The predicted molar refractivity (Wildman–Crippen MR) is 75.0 cm³/mol. The fraction of sp³-hybridized carbons (Fsp3) is 0.250. The smallest absolute Gasteiger partial charge is 0.135 e. The molecule has 2 nitrogen and oxygen atoms in total. The van der Waals surface area contributed by atoms with Gasteiger partial charge in [-0.1, -0.05) is 18.2 Å². The van der Waals surface area contributed by atoms with E-state index in [9.17, 15) is 4.39 Å². The summed E-state index contributed by atoms with van der Waals surface area (Å²) in [6, 6.07) is 10.3. The highest BCUT2D eigenvalue weighted by molar-refractivity contribution is 5.43. The van der Waals surface area contributed by atoms with Crippen molar-refractivity contribution < 1.29 is 9.13 Å². The van der Waals surface area contributed by atoms with Crippen LogP contribution < -0.4 is 10.5 Å². The lowest BCUT2D eigenvalue weighted by Gasteiger charge is -2.16. The summed E-state index contributed by atoms with van der Waals surface area (Å²) in [5.41, 5.74) is 8.32. The number of ether oxygens (including phenoxy) is 1. The van der Waals surface area contributed by atoms with Crippen LogP contribution in [0.4, 0.5) is 4.39 Å². The lowest BCUT2D eigenvalue weighted by molar-refractivity contribution is 0.457. The van der Waals surface area contributed by atoms with Crippen molar-refractivity contribution in [3.8, 4) is 11.5 Å². The second kappa shape index (κ2) is 5.41. The minimum atomic E-state index is -0.415. The van der Waals surface area contributed by atoms with Crippen LogP contribution in [0.1, 0.15) is 29.7 Å². The van der Waals surface area contributed by atoms with Gasteiger partial charge in [-0.05, 0) is 50.1 Å². The van der Waals surface area contributed by atoms with Crippen molar-refractivity contribution in [2.24, 2.45) is 5.73 Å². The normalized spacial score (nSPS) is 12.3. The lowest BCUT2D eigenvalue weighted by atomic mass is 10.1. The molecule has 0 saturated heterocycles. The highest BCUT2D eigenvalue weighted by atomic mass is 19.1. The third kappa shape index (κ3) is 2.93. The molecule has 0 radical (unpaired) electrons. The molecule has 2 rings (SSSR count). The summed E-state index contributed by atoms with van der Waals surface area (Å²) in [5, 5.41) is 0. The molecule has 0 aliphatic heterocycles. The van der Waals surface area contributed by atoms with Gasteiger partial charge in [0.15, 0.2) is 0 Å². The standard InChI is InChI=1S/C16H18FNO/c1-10-7-8-11(2)15(9-10)19-14-6-4-5-13(17)16(14)12(3)18/h4-9,12H,18H2,1-3H3. The van der Waals surface area contributed by atoms with Gasteiger partial charge in [0.05, 0.1) is 0 Å². The Morgan fingerprint density at radius 1 is 1.11 bits per heavy atom. The van der Waals surface area contributed by atoms with Gasteiger partial charge in [-0.3, -0.25) is 0 Å². The molecule has 19 heavy (non-hydrogen) atoms. The zero-order valence-electron chi connectivity index (χ0n) is 11.4. The molecule has 3 heteroatoms. The van der Waals surface area contributed by atoms with Crippen LogP contribution in [-0.2, 0) is 0 Å². The van der Waals surface area contributed by atoms with E-state index in [4.69, 9.17) is 10.5 Å². The van der Waals surface area contributed by atoms with Crippen molar-refractivity contribution in [3.63, 3.8) is 0 Å². The largest absolute Gasteiger partial charge is 0.457 e.